The molecule has 0 aliphatic carbocycles. The zero-order chi connectivity index (χ0) is 24.4. The van der Waals surface area contributed by atoms with Crippen LogP contribution in [0.1, 0.15) is 33.1 Å². The number of amides is 1. The van der Waals surface area contributed by atoms with Crippen LogP contribution in [-0.4, -0.2) is 50.6 Å². The van der Waals surface area contributed by atoms with Gasteiger partial charge in [-0.3, -0.25) is 9.36 Å². The van der Waals surface area contributed by atoms with Crippen LogP contribution in [0.25, 0.3) is 16.9 Å². The smallest absolute Gasteiger partial charge is 0.309 e. The highest BCUT2D eigenvalue weighted by atomic mass is 35.5. The van der Waals surface area contributed by atoms with Gasteiger partial charge in [0.1, 0.15) is 0 Å². The van der Waals surface area contributed by atoms with Crippen LogP contribution in [0, 0.1) is 0 Å². The lowest BCUT2D eigenvalue weighted by molar-refractivity contribution is -0.119. The molecule has 0 unspecified atom stereocenters. The van der Waals surface area contributed by atoms with E-state index < -0.39 is 0 Å². The first kappa shape index (κ1) is 24.5. The van der Waals surface area contributed by atoms with Crippen molar-refractivity contribution < 1.29 is 4.79 Å². The Labute approximate surface area is 209 Å². The first-order valence-electron chi connectivity index (χ1n) is 11.5. The van der Waals surface area contributed by atoms with E-state index in [4.69, 9.17) is 23.2 Å². The predicted molar refractivity (Wildman–Crippen MR) is 139 cm³/mol. The van der Waals surface area contributed by atoms with Gasteiger partial charge in [-0.25, -0.2) is 14.3 Å². The highest BCUT2D eigenvalue weighted by Gasteiger charge is 2.29. The number of rotatable bonds is 7. The molecule has 9 heteroatoms. The standard InChI is InChI=1S/C25H29Cl2N5O2/c1-4-23(33)32(19-7-8-20(26)21(27)16-19)18-9-12-29(13-10-18)14-15-30-22-6-5-11-28-24(22)31(17(2)3)25(30)34/h5-8,11,16,18H,2,4,9-10,12-15H2,1,3H3. The van der Waals surface area contributed by atoms with Crippen LogP contribution in [0.2, 0.25) is 10.0 Å². The molecule has 0 saturated carbocycles. The minimum Gasteiger partial charge on any atom is -0.309 e. The van der Waals surface area contributed by atoms with E-state index in [1.54, 1.807) is 27.5 Å². The lowest BCUT2D eigenvalue weighted by Crippen LogP contribution is -2.48. The number of carbonyl (C=O) groups excluding carboxylic acids is 1. The molecule has 0 N–H and O–H groups in total. The van der Waals surface area contributed by atoms with Gasteiger partial charge in [-0.05, 0) is 50.1 Å². The number of benzene rings is 1. The third-order valence-electron chi connectivity index (χ3n) is 6.39. The summed E-state index contributed by atoms with van der Waals surface area (Å²) in [6.07, 6.45) is 3.80. The second-order valence-corrected chi connectivity index (χ2v) is 9.45. The Morgan fingerprint density at radius 3 is 2.56 bits per heavy atom. The first-order valence-corrected chi connectivity index (χ1v) is 12.3. The number of carbonyl (C=O) groups is 1. The highest BCUT2D eigenvalue weighted by Crippen LogP contribution is 2.31. The third-order valence-corrected chi connectivity index (χ3v) is 7.13. The molecule has 3 aromatic rings. The summed E-state index contributed by atoms with van der Waals surface area (Å²) in [5.41, 5.74) is 2.76. The predicted octanol–water partition coefficient (Wildman–Crippen LogP) is 4.90. The highest BCUT2D eigenvalue weighted by molar-refractivity contribution is 6.42. The molecule has 1 saturated heterocycles. The van der Waals surface area contributed by atoms with Gasteiger partial charge < -0.3 is 9.80 Å². The zero-order valence-electron chi connectivity index (χ0n) is 19.5. The van der Waals surface area contributed by atoms with Crippen molar-refractivity contribution in [1.82, 2.24) is 19.0 Å². The van der Waals surface area contributed by atoms with Gasteiger partial charge in [0.25, 0.3) is 0 Å². The molecule has 0 bridgehead atoms. The van der Waals surface area contributed by atoms with Crippen molar-refractivity contribution in [3.63, 3.8) is 0 Å². The summed E-state index contributed by atoms with van der Waals surface area (Å²) >= 11 is 12.3. The van der Waals surface area contributed by atoms with Crippen LogP contribution < -0.4 is 10.6 Å². The van der Waals surface area contributed by atoms with E-state index in [1.807, 2.05) is 36.9 Å². The topological polar surface area (TPSA) is 63.4 Å². The van der Waals surface area contributed by atoms with Crippen molar-refractivity contribution in [2.24, 2.45) is 0 Å². The number of allylic oxidation sites excluding steroid dienone is 1. The van der Waals surface area contributed by atoms with Crippen LogP contribution in [0.4, 0.5) is 5.69 Å². The first-order chi connectivity index (χ1) is 16.3. The number of pyridine rings is 1. The molecular formula is C25H29Cl2N5O2. The molecule has 1 aliphatic heterocycles. The van der Waals surface area contributed by atoms with Crippen molar-refractivity contribution in [1.29, 1.82) is 0 Å². The Morgan fingerprint density at radius 2 is 1.91 bits per heavy atom. The van der Waals surface area contributed by atoms with E-state index in [0.29, 0.717) is 34.4 Å². The molecule has 4 rings (SSSR count). The van der Waals surface area contributed by atoms with Gasteiger partial charge >= 0.3 is 5.69 Å². The zero-order valence-corrected chi connectivity index (χ0v) is 21.0. The van der Waals surface area contributed by atoms with E-state index >= 15 is 0 Å². The van der Waals surface area contributed by atoms with Gasteiger partial charge in [-0.15, -0.1) is 0 Å². The molecule has 0 atom stereocenters. The number of fused-ring (bicyclic) bond motifs is 1. The maximum Gasteiger partial charge on any atom is 0.334 e. The summed E-state index contributed by atoms with van der Waals surface area (Å²) in [4.78, 5) is 34.4. The molecule has 34 heavy (non-hydrogen) atoms. The molecule has 0 spiro atoms. The molecule has 1 aliphatic rings. The number of aromatic nitrogens is 3. The quantitative estimate of drug-likeness (QED) is 0.461. The summed E-state index contributed by atoms with van der Waals surface area (Å²) in [6, 6.07) is 9.21. The van der Waals surface area contributed by atoms with Crippen molar-refractivity contribution in [3.8, 4) is 0 Å². The number of anilines is 1. The Morgan fingerprint density at radius 1 is 1.18 bits per heavy atom. The molecule has 0 radical (unpaired) electrons. The van der Waals surface area contributed by atoms with Crippen molar-refractivity contribution in [2.45, 2.75) is 45.7 Å². The Kier molecular flexibility index (Phi) is 7.45. The lowest BCUT2D eigenvalue weighted by Gasteiger charge is -2.38. The van der Waals surface area contributed by atoms with Crippen molar-refractivity contribution in [3.05, 3.63) is 63.6 Å². The molecule has 2 aromatic heterocycles. The van der Waals surface area contributed by atoms with Crippen LogP contribution >= 0.6 is 23.2 Å². The molecule has 1 fully saturated rings. The van der Waals surface area contributed by atoms with Gasteiger partial charge in [-0.1, -0.05) is 36.7 Å². The van der Waals surface area contributed by atoms with Crippen LogP contribution in [0.3, 0.4) is 0 Å². The Bertz CT molecular complexity index is 1270. The number of halogens is 2. The number of nitrogens with zero attached hydrogens (tertiary/aromatic N) is 5. The number of imidazole rings is 1. The number of likely N-dealkylation sites (tertiary alicyclic amines) is 1. The fourth-order valence-corrected chi connectivity index (χ4v) is 4.94. The average molecular weight is 502 g/mol. The molecule has 180 valence electrons. The third kappa shape index (κ3) is 4.78. The summed E-state index contributed by atoms with van der Waals surface area (Å²) in [7, 11) is 0. The van der Waals surface area contributed by atoms with Crippen LogP contribution in [0.15, 0.2) is 47.9 Å². The van der Waals surface area contributed by atoms with E-state index in [9.17, 15) is 9.59 Å². The Balaban J connectivity index is 1.45. The second-order valence-electron chi connectivity index (χ2n) is 8.64. The summed E-state index contributed by atoms with van der Waals surface area (Å²) in [5.74, 6) is 0.0727. The second kappa shape index (κ2) is 10.3. The van der Waals surface area contributed by atoms with Gasteiger partial charge in [0, 0.05) is 56.2 Å². The normalized spacial score (nSPS) is 15.1. The fraction of sp³-hybridized carbons (Fsp3) is 0.400. The average Bonchev–Trinajstić information content (AvgIpc) is 3.12. The minimum absolute atomic E-state index is 0.0727. The minimum atomic E-state index is -0.115. The van der Waals surface area contributed by atoms with Gasteiger partial charge in [-0.2, -0.15) is 0 Å². The summed E-state index contributed by atoms with van der Waals surface area (Å²) in [6.45, 7) is 10.6. The summed E-state index contributed by atoms with van der Waals surface area (Å²) < 4.78 is 3.33. The molecule has 3 heterocycles. The summed E-state index contributed by atoms with van der Waals surface area (Å²) in [5, 5.41) is 0.918. The molecular weight excluding hydrogens is 473 g/mol. The van der Waals surface area contributed by atoms with Gasteiger partial charge in [0.15, 0.2) is 5.65 Å². The van der Waals surface area contributed by atoms with E-state index in [1.165, 1.54) is 0 Å². The van der Waals surface area contributed by atoms with Crippen LogP contribution in [0.5, 0.6) is 0 Å². The maximum atomic E-state index is 13.0. The van der Waals surface area contributed by atoms with E-state index in [2.05, 4.69) is 16.5 Å². The largest absolute Gasteiger partial charge is 0.334 e. The van der Waals surface area contributed by atoms with Crippen molar-refractivity contribution in [2.75, 3.05) is 24.5 Å². The molecule has 1 aromatic carbocycles. The van der Waals surface area contributed by atoms with Gasteiger partial charge in [0.2, 0.25) is 5.91 Å². The molecule has 7 nitrogen and oxygen atoms in total. The van der Waals surface area contributed by atoms with E-state index in [-0.39, 0.29) is 17.6 Å². The fourth-order valence-electron chi connectivity index (χ4n) is 4.65. The van der Waals surface area contributed by atoms with E-state index in [0.717, 1.165) is 43.7 Å². The molecule has 1 amide bonds. The van der Waals surface area contributed by atoms with Crippen LogP contribution in [-0.2, 0) is 11.3 Å². The number of hydrogen-bond acceptors (Lipinski definition) is 4. The van der Waals surface area contributed by atoms with Crippen molar-refractivity contribution >= 4 is 51.7 Å². The number of hydrogen-bond donors (Lipinski definition) is 0. The Hall–Kier alpha value is -2.61. The monoisotopic (exact) mass is 501 g/mol. The number of piperidine rings is 1. The maximum absolute atomic E-state index is 13.0. The van der Waals surface area contributed by atoms with Gasteiger partial charge in [0.05, 0.1) is 15.6 Å². The SMILES string of the molecule is C=C(C)n1c(=O)n(CCN2CCC(N(C(=O)CC)c3ccc(Cl)c(Cl)c3)CC2)c2cccnc21. The lowest BCUT2D eigenvalue weighted by atomic mass is 10.0.